The van der Waals surface area contributed by atoms with E-state index in [9.17, 15) is 0 Å². The van der Waals surface area contributed by atoms with Crippen molar-refractivity contribution in [1.29, 1.82) is 0 Å². The first-order chi connectivity index (χ1) is 6.69. The molecule has 0 saturated heterocycles. The van der Waals surface area contributed by atoms with Crippen molar-refractivity contribution in [3.05, 3.63) is 5.89 Å². The molecule has 0 radical (unpaired) electrons. The van der Waals surface area contributed by atoms with Crippen molar-refractivity contribution >= 4 is 17.6 Å². The monoisotopic (exact) mass is 219 g/mol. The van der Waals surface area contributed by atoms with Gasteiger partial charge in [-0.25, -0.2) is 0 Å². The van der Waals surface area contributed by atoms with Crippen LogP contribution in [0.25, 0.3) is 0 Å². The number of hydrogen-bond acceptors (Lipinski definition) is 5. The smallest absolute Gasteiger partial charge is 0.318 e. The van der Waals surface area contributed by atoms with E-state index >= 15 is 0 Å². The molecule has 14 heavy (non-hydrogen) atoms. The molecule has 0 fully saturated rings. The van der Waals surface area contributed by atoms with Crippen molar-refractivity contribution in [3.8, 4) is 0 Å². The van der Waals surface area contributed by atoms with Crippen LogP contribution in [-0.2, 0) is 0 Å². The Bertz CT molecular complexity index is 277. The van der Waals surface area contributed by atoms with Crippen LogP contribution in [0.2, 0.25) is 0 Å². The molecule has 0 amide bonds. The lowest BCUT2D eigenvalue weighted by Gasteiger charge is -2.15. The lowest BCUT2D eigenvalue weighted by atomic mass is 10.5. The molecule has 5 nitrogen and oxygen atoms in total. The summed E-state index contributed by atoms with van der Waals surface area (Å²) in [4.78, 5) is 1.79. The lowest BCUT2D eigenvalue weighted by molar-refractivity contribution is 0.299. The van der Waals surface area contributed by atoms with Gasteiger partial charge in [-0.1, -0.05) is 5.10 Å². The fourth-order valence-electron chi connectivity index (χ4n) is 1.02. The molecule has 1 unspecified atom stereocenters. The van der Waals surface area contributed by atoms with Crippen LogP contribution in [0, 0.1) is 0 Å². The Morgan fingerprint density at radius 2 is 2.29 bits per heavy atom. The zero-order valence-corrected chi connectivity index (χ0v) is 9.03. The molecule has 0 aliphatic carbocycles. The number of anilines is 1. The second-order valence-corrected chi connectivity index (χ2v) is 3.50. The van der Waals surface area contributed by atoms with Crippen molar-refractivity contribution in [2.45, 2.75) is 19.2 Å². The summed E-state index contributed by atoms with van der Waals surface area (Å²) >= 11 is 5.78. The Labute approximate surface area is 87.7 Å². The van der Waals surface area contributed by atoms with Gasteiger partial charge in [0.1, 0.15) is 5.38 Å². The van der Waals surface area contributed by atoms with Crippen molar-refractivity contribution in [2.24, 2.45) is 0 Å². The molecular formula is C8H14ClN3O2. The molecule has 0 saturated carbocycles. The first-order valence-electron chi connectivity index (χ1n) is 4.52. The number of hydrogen-bond donors (Lipinski definition) is 1. The maximum Gasteiger partial charge on any atom is 0.318 e. The summed E-state index contributed by atoms with van der Waals surface area (Å²) in [5.74, 6) is 0.401. The van der Waals surface area contributed by atoms with Crippen LogP contribution in [0.3, 0.4) is 0 Å². The number of likely N-dealkylation sites (N-methyl/N-ethyl adjacent to an activating group) is 1. The number of aliphatic hydroxyl groups excluding tert-OH is 1. The predicted molar refractivity (Wildman–Crippen MR) is 53.5 cm³/mol. The third-order valence-corrected chi connectivity index (χ3v) is 1.98. The highest BCUT2D eigenvalue weighted by Gasteiger charge is 2.14. The summed E-state index contributed by atoms with van der Waals surface area (Å²) in [5.41, 5.74) is 0. The minimum atomic E-state index is -0.288. The van der Waals surface area contributed by atoms with E-state index in [1.807, 2.05) is 6.92 Å². The van der Waals surface area contributed by atoms with Crippen molar-refractivity contribution in [3.63, 3.8) is 0 Å². The fraction of sp³-hybridized carbons (Fsp3) is 0.750. The highest BCUT2D eigenvalue weighted by atomic mass is 35.5. The zero-order valence-electron chi connectivity index (χ0n) is 8.27. The maximum atomic E-state index is 8.79. The Morgan fingerprint density at radius 3 is 2.71 bits per heavy atom. The van der Waals surface area contributed by atoms with Gasteiger partial charge in [0.25, 0.3) is 0 Å². The lowest BCUT2D eigenvalue weighted by Crippen LogP contribution is -2.26. The molecule has 0 aliphatic heterocycles. The summed E-state index contributed by atoms with van der Waals surface area (Å²) in [6.07, 6.45) is 0. The third kappa shape index (κ3) is 2.59. The minimum absolute atomic E-state index is 0.0575. The quantitative estimate of drug-likeness (QED) is 0.754. The highest BCUT2D eigenvalue weighted by Crippen LogP contribution is 2.21. The van der Waals surface area contributed by atoms with Gasteiger partial charge >= 0.3 is 6.01 Å². The number of aromatic nitrogens is 2. The van der Waals surface area contributed by atoms with E-state index in [1.165, 1.54) is 0 Å². The topological polar surface area (TPSA) is 62.4 Å². The van der Waals surface area contributed by atoms with Gasteiger partial charge < -0.3 is 14.4 Å². The van der Waals surface area contributed by atoms with Gasteiger partial charge in [-0.2, -0.15) is 0 Å². The van der Waals surface area contributed by atoms with Crippen molar-refractivity contribution in [2.75, 3.05) is 24.6 Å². The van der Waals surface area contributed by atoms with Crippen LogP contribution >= 0.6 is 11.6 Å². The standard InChI is InChI=1S/C8H14ClN3O2/c1-3-12(4-5-13)8-11-10-7(14-8)6(2)9/h6,13H,3-5H2,1-2H3. The maximum absolute atomic E-state index is 8.79. The summed E-state index contributed by atoms with van der Waals surface area (Å²) in [6, 6.07) is 0.407. The fourth-order valence-corrected chi connectivity index (χ4v) is 1.11. The van der Waals surface area contributed by atoms with Crippen LogP contribution in [0.1, 0.15) is 25.1 Å². The molecule has 80 valence electrons. The molecule has 1 aromatic rings. The average Bonchev–Trinajstić information content (AvgIpc) is 2.63. The Hall–Kier alpha value is -0.810. The van der Waals surface area contributed by atoms with Crippen LogP contribution in [-0.4, -0.2) is 35.0 Å². The van der Waals surface area contributed by atoms with Crippen LogP contribution in [0.15, 0.2) is 4.42 Å². The van der Waals surface area contributed by atoms with Gasteiger partial charge in [-0.15, -0.1) is 16.7 Å². The van der Waals surface area contributed by atoms with Gasteiger partial charge in [0.05, 0.1) is 6.61 Å². The number of nitrogens with zero attached hydrogens (tertiary/aromatic N) is 3. The molecule has 1 atom stereocenters. The van der Waals surface area contributed by atoms with Crippen LogP contribution in [0.5, 0.6) is 0 Å². The average molecular weight is 220 g/mol. The van der Waals surface area contributed by atoms with Gasteiger partial charge in [-0.3, -0.25) is 0 Å². The van der Waals surface area contributed by atoms with E-state index in [-0.39, 0.29) is 12.0 Å². The van der Waals surface area contributed by atoms with Gasteiger partial charge in [0.2, 0.25) is 5.89 Å². The molecule has 6 heteroatoms. The summed E-state index contributed by atoms with van der Waals surface area (Å²) in [6.45, 7) is 4.96. The minimum Gasteiger partial charge on any atom is -0.406 e. The zero-order chi connectivity index (χ0) is 10.6. The molecule has 1 rings (SSSR count). The summed E-state index contributed by atoms with van der Waals surface area (Å²) in [7, 11) is 0. The number of rotatable bonds is 5. The SMILES string of the molecule is CCN(CCO)c1nnc(C(C)Cl)o1. The number of alkyl halides is 1. The van der Waals surface area contributed by atoms with E-state index in [4.69, 9.17) is 21.1 Å². The Morgan fingerprint density at radius 1 is 1.57 bits per heavy atom. The van der Waals surface area contributed by atoms with Crippen LogP contribution < -0.4 is 4.90 Å². The van der Waals surface area contributed by atoms with E-state index < -0.39 is 0 Å². The van der Waals surface area contributed by atoms with Gasteiger partial charge in [0.15, 0.2) is 0 Å². The van der Waals surface area contributed by atoms with E-state index in [0.717, 1.165) is 0 Å². The predicted octanol–water partition coefficient (Wildman–Crippen LogP) is 1.19. The van der Waals surface area contributed by atoms with Gasteiger partial charge in [-0.05, 0) is 13.8 Å². The number of aliphatic hydroxyl groups is 1. The van der Waals surface area contributed by atoms with Crippen molar-refractivity contribution in [1.82, 2.24) is 10.2 Å². The normalized spacial score (nSPS) is 12.9. The molecule has 0 spiro atoms. The summed E-state index contributed by atoms with van der Waals surface area (Å²) in [5, 5.41) is 16.1. The second kappa shape index (κ2) is 5.17. The number of halogens is 1. The highest BCUT2D eigenvalue weighted by molar-refractivity contribution is 6.20. The largest absolute Gasteiger partial charge is 0.406 e. The Kier molecular flexibility index (Phi) is 4.16. The molecule has 1 heterocycles. The second-order valence-electron chi connectivity index (χ2n) is 2.84. The molecular weight excluding hydrogens is 206 g/mol. The van der Waals surface area contributed by atoms with Crippen molar-refractivity contribution < 1.29 is 9.52 Å². The first kappa shape index (κ1) is 11.3. The van der Waals surface area contributed by atoms with Gasteiger partial charge in [0, 0.05) is 13.1 Å². The van der Waals surface area contributed by atoms with E-state index in [0.29, 0.717) is 25.0 Å². The van der Waals surface area contributed by atoms with E-state index in [1.54, 1.807) is 11.8 Å². The molecule has 1 N–H and O–H groups in total. The molecule has 0 aliphatic rings. The summed E-state index contributed by atoms with van der Waals surface area (Å²) < 4.78 is 5.31. The third-order valence-electron chi connectivity index (χ3n) is 1.79. The Balaban J connectivity index is 2.73. The molecule has 1 aromatic heterocycles. The molecule has 0 aromatic carbocycles. The first-order valence-corrected chi connectivity index (χ1v) is 4.96. The van der Waals surface area contributed by atoms with E-state index in [2.05, 4.69) is 10.2 Å². The van der Waals surface area contributed by atoms with Crippen LogP contribution in [0.4, 0.5) is 6.01 Å². The molecule has 0 bridgehead atoms.